The van der Waals surface area contributed by atoms with Crippen molar-refractivity contribution < 1.29 is 0 Å². The lowest BCUT2D eigenvalue weighted by molar-refractivity contribution is 0.479. The van der Waals surface area contributed by atoms with Gasteiger partial charge in [0.25, 0.3) is 0 Å². The molecule has 0 radical (unpaired) electrons. The van der Waals surface area contributed by atoms with Gasteiger partial charge < -0.3 is 9.80 Å². The summed E-state index contributed by atoms with van der Waals surface area (Å²) in [5.74, 6) is 1.74. The minimum absolute atomic E-state index is 0. The molecule has 0 unspecified atom stereocenters. The van der Waals surface area contributed by atoms with Gasteiger partial charge in [0.2, 0.25) is 0 Å². The summed E-state index contributed by atoms with van der Waals surface area (Å²) in [7, 11) is 7.95. The first-order valence-electron chi connectivity index (χ1n) is 6.42. The molecule has 0 spiro atoms. The largest absolute Gasteiger partial charge is 0.349 e. The molecule has 0 fully saturated rings. The lowest BCUT2D eigenvalue weighted by atomic mass is 10.2. The lowest BCUT2D eigenvalue weighted by Crippen LogP contribution is -2.35. The maximum atomic E-state index is 4.63. The maximum absolute atomic E-state index is 4.63. The molecule has 7 heteroatoms. The van der Waals surface area contributed by atoms with Crippen LogP contribution >= 0.6 is 24.0 Å². The third kappa shape index (κ3) is 4.69. The zero-order valence-electron chi connectivity index (χ0n) is 12.8. The van der Waals surface area contributed by atoms with Gasteiger partial charge in [-0.25, -0.2) is 14.7 Å². The minimum Gasteiger partial charge on any atom is -0.349 e. The fraction of sp³-hybridized carbons (Fsp3) is 0.357. The number of hydrogen-bond acceptors (Lipinski definition) is 3. The second-order valence-corrected chi connectivity index (χ2v) is 4.88. The standard InChI is InChI=1S/C14H20N6.HI/c1-18(2)14(19(3)4)16-11-12-6-8-15-13(10-12)20-9-5-7-17-20;/h5-10H,11H2,1-4H3;1H. The highest BCUT2D eigenvalue weighted by Crippen LogP contribution is 2.08. The Morgan fingerprint density at radius 2 is 1.90 bits per heavy atom. The van der Waals surface area contributed by atoms with Crippen LogP contribution in [-0.2, 0) is 6.54 Å². The molecule has 0 aromatic carbocycles. The van der Waals surface area contributed by atoms with Crippen LogP contribution in [0.1, 0.15) is 5.56 Å². The van der Waals surface area contributed by atoms with E-state index in [2.05, 4.69) is 15.1 Å². The quantitative estimate of drug-likeness (QED) is 0.449. The molecular weight excluding hydrogens is 379 g/mol. The highest BCUT2D eigenvalue weighted by molar-refractivity contribution is 14.0. The number of pyridine rings is 1. The van der Waals surface area contributed by atoms with Crippen LogP contribution in [0.2, 0.25) is 0 Å². The van der Waals surface area contributed by atoms with E-state index in [0.29, 0.717) is 6.54 Å². The smallest absolute Gasteiger partial charge is 0.195 e. The number of nitrogens with zero attached hydrogens (tertiary/aromatic N) is 6. The van der Waals surface area contributed by atoms with Gasteiger partial charge in [-0.1, -0.05) is 0 Å². The average Bonchev–Trinajstić information content (AvgIpc) is 2.92. The summed E-state index contributed by atoms with van der Waals surface area (Å²) >= 11 is 0. The van der Waals surface area contributed by atoms with Crippen LogP contribution in [0.4, 0.5) is 0 Å². The van der Waals surface area contributed by atoms with Crippen LogP contribution in [0.15, 0.2) is 41.8 Å². The Hall–Kier alpha value is -1.64. The van der Waals surface area contributed by atoms with Crippen LogP contribution in [0, 0.1) is 0 Å². The van der Waals surface area contributed by atoms with Crippen molar-refractivity contribution >= 4 is 29.9 Å². The van der Waals surface area contributed by atoms with Crippen LogP contribution in [0.3, 0.4) is 0 Å². The molecule has 0 saturated heterocycles. The van der Waals surface area contributed by atoms with Crippen LogP contribution < -0.4 is 0 Å². The molecule has 114 valence electrons. The lowest BCUT2D eigenvalue weighted by Gasteiger charge is -2.22. The molecule has 0 saturated carbocycles. The zero-order chi connectivity index (χ0) is 14.5. The predicted molar refractivity (Wildman–Crippen MR) is 95.3 cm³/mol. The molecular formula is C14H21IN6. The minimum atomic E-state index is 0. The second-order valence-electron chi connectivity index (χ2n) is 4.88. The normalized spacial score (nSPS) is 9.71. The number of halogens is 1. The zero-order valence-corrected chi connectivity index (χ0v) is 15.1. The molecule has 2 heterocycles. The summed E-state index contributed by atoms with van der Waals surface area (Å²) in [6.07, 6.45) is 5.40. The second kappa shape index (κ2) is 7.96. The first-order chi connectivity index (χ1) is 9.58. The van der Waals surface area contributed by atoms with E-state index < -0.39 is 0 Å². The van der Waals surface area contributed by atoms with Crippen molar-refractivity contribution in [1.82, 2.24) is 24.6 Å². The van der Waals surface area contributed by atoms with Gasteiger partial charge in [-0.2, -0.15) is 5.10 Å². The first kappa shape index (κ1) is 17.4. The Balaban J connectivity index is 0.00000220. The summed E-state index contributed by atoms with van der Waals surface area (Å²) in [5.41, 5.74) is 1.10. The molecule has 0 N–H and O–H groups in total. The molecule has 6 nitrogen and oxygen atoms in total. The van der Waals surface area contributed by atoms with Crippen molar-refractivity contribution in [2.24, 2.45) is 4.99 Å². The van der Waals surface area contributed by atoms with Crippen LogP contribution in [-0.4, -0.2) is 58.7 Å². The van der Waals surface area contributed by atoms with Gasteiger partial charge in [0.1, 0.15) is 0 Å². The summed E-state index contributed by atoms with van der Waals surface area (Å²) in [6, 6.07) is 5.85. The predicted octanol–water partition coefficient (Wildman–Crippen LogP) is 1.86. The number of hydrogen-bond donors (Lipinski definition) is 0. The van der Waals surface area contributed by atoms with Gasteiger partial charge in [0.15, 0.2) is 11.8 Å². The molecule has 0 atom stereocenters. The SMILES string of the molecule is CN(C)C(=NCc1ccnc(-n2cccn2)c1)N(C)C.I. The van der Waals surface area contributed by atoms with Crippen molar-refractivity contribution in [2.75, 3.05) is 28.2 Å². The van der Waals surface area contributed by atoms with Crippen molar-refractivity contribution in [1.29, 1.82) is 0 Å². The van der Waals surface area contributed by atoms with E-state index in [4.69, 9.17) is 0 Å². The van der Waals surface area contributed by atoms with Gasteiger partial charge in [-0.3, -0.25) is 0 Å². The molecule has 0 aliphatic heterocycles. The van der Waals surface area contributed by atoms with Crippen molar-refractivity contribution in [3.63, 3.8) is 0 Å². The fourth-order valence-electron chi connectivity index (χ4n) is 1.93. The van der Waals surface area contributed by atoms with Gasteiger partial charge in [0, 0.05) is 46.8 Å². The Morgan fingerprint density at radius 1 is 1.19 bits per heavy atom. The monoisotopic (exact) mass is 400 g/mol. The maximum Gasteiger partial charge on any atom is 0.195 e. The topological polar surface area (TPSA) is 49.6 Å². The number of aliphatic imine (C=N–C) groups is 1. The van der Waals surface area contributed by atoms with E-state index in [0.717, 1.165) is 17.3 Å². The highest BCUT2D eigenvalue weighted by Gasteiger charge is 2.04. The summed E-state index contributed by atoms with van der Waals surface area (Å²) < 4.78 is 1.74. The van der Waals surface area contributed by atoms with Crippen LogP contribution in [0.25, 0.3) is 5.82 Å². The van der Waals surface area contributed by atoms with E-state index in [9.17, 15) is 0 Å². The molecule has 21 heavy (non-hydrogen) atoms. The Bertz CT molecular complexity index is 567. The Morgan fingerprint density at radius 3 is 2.48 bits per heavy atom. The third-order valence-electron chi connectivity index (χ3n) is 2.75. The van der Waals surface area contributed by atoms with Crippen LogP contribution in [0.5, 0.6) is 0 Å². The molecule has 2 aromatic heterocycles. The Labute approximate surface area is 142 Å². The van der Waals surface area contributed by atoms with Gasteiger partial charge in [0.05, 0.1) is 6.54 Å². The Kier molecular flexibility index (Phi) is 6.60. The van der Waals surface area contributed by atoms with E-state index in [1.165, 1.54) is 0 Å². The van der Waals surface area contributed by atoms with E-state index >= 15 is 0 Å². The average molecular weight is 400 g/mol. The van der Waals surface area contributed by atoms with E-state index in [1.54, 1.807) is 17.1 Å². The molecule has 2 rings (SSSR count). The van der Waals surface area contributed by atoms with Gasteiger partial charge in [-0.05, 0) is 23.8 Å². The first-order valence-corrected chi connectivity index (χ1v) is 6.42. The van der Waals surface area contributed by atoms with Crippen molar-refractivity contribution in [3.05, 3.63) is 42.4 Å². The molecule has 2 aromatic rings. The number of aromatic nitrogens is 3. The summed E-state index contributed by atoms with van der Waals surface area (Å²) in [4.78, 5) is 12.9. The fourth-order valence-corrected chi connectivity index (χ4v) is 1.93. The number of guanidine groups is 1. The highest BCUT2D eigenvalue weighted by atomic mass is 127. The number of rotatable bonds is 3. The third-order valence-corrected chi connectivity index (χ3v) is 2.75. The van der Waals surface area contributed by atoms with E-state index in [1.807, 2.05) is 62.4 Å². The van der Waals surface area contributed by atoms with Crippen molar-refractivity contribution in [3.8, 4) is 5.82 Å². The van der Waals surface area contributed by atoms with Gasteiger partial charge in [-0.15, -0.1) is 24.0 Å². The molecule has 0 aliphatic rings. The molecule has 0 amide bonds. The molecule has 0 aliphatic carbocycles. The summed E-state index contributed by atoms with van der Waals surface area (Å²) in [5, 5.41) is 4.18. The molecule has 0 bridgehead atoms. The van der Waals surface area contributed by atoms with Crippen molar-refractivity contribution in [2.45, 2.75) is 6.54 Å². The van der Waals surface area contributed by atoms with E-state index in [-0.39, 0.29) is 24.0 Å². The summed E-state index contributed by atoms with van der Waals surface area (Å²) in [6.45, 7) is 0.614. The van der Waals surface area contributed by atoms with Gasteiger partial charge >= 0.3 is 0 Å².